The maximum atomic E-state index is 11.2. The average molecular weight is 253 g/mol. The van der Waals surface area contributed by atoms with E-state index < -0.39 is 5.97 Å². The van der Waals surface area contributed by atoms with E-state index >= 15 is 0 Å². The van der Waals surface area contributed by atoms with Gasteiger partial charge in [0.2, 0.25) is 0 Å². The molecule has 0 aliphatic carbocycles. The molecule has 0 aliphatic heterocycles. The molecule has 0 aliphatic rings. The molecular weight excluding hydrogens is 234 g/mol. The second-order valence-corrected chi connectivity index (χ2v) is 4.77. The first-order chi connectivity index (χ1) is 8.48. The molecule has 0 fully saturated rings. The van der Waals surface area contributed by atoms with E-state index in [4.69, 9.17) is 5.11 Å². The minimum atomic E-state index is -0.505. The lowest BCUT2D eigenvalue weighted by molar-refractivity contribution is 0.0593. The molecule has 18 heavy (non-hydrogen) atoms. The number of methoxy groups -OCH3 is 1. The van der Waals surface area contributed by atoms with Crippen molar-refractivity contribution in [2.24, 2.45) is 5.41 Å². The third-order valence-corrected chi connectivity index (χ3v) is 2.58. The van der Waals surface area contributed by atoms with Crippen LogP contribution in [0.1, 0.15) is 30.8 Å². The zero-order chi connectivity index (χ0) is 13.6. The summed E-state index contributed by atoms with van der Waals surface area (Å²) in [5.74, 6) is 0.0864. The van der Waals surface area contributed by atoms with Gasteiger partial charge in [0.05, 0.1) is 19.5 Å². The van der Waals surface area contributed by atoms with Gasteiger partial charge in [-0.25, -0.2) is 14.8 Å². The highest BCUT2D eigenvalue weighted by atomic mass is 16.5. The monoisotopic (exact) mass is 253 g/mol. The van der Waals surface area contributed by atoms with Crippen LogP contribution in [-0.4, -0.2) is 41.3 Å². The second-order valence-electron chi connectivity index (χ2n) is 4.77. The molecule has 2 N–H and O–H groups in total. The molecule has 6 heteroatoms. The summed E-state index contributed by atoms with van der Waals surface area (Å²) in [6, 6.07) is 0. The van der Waals surface area contributed by atoms with Gasteiger partial charge in [0.15, 0.2) is 5.69 Å². The quantitative estimate of drug-likeness (QED) is 0.738. The third-order valence-electron chi connectivity index (χ3n) is 2.58. The fraction of sp³-hybridized carbons (Fsp3) is 0.583. The normalized spacial score (nSPS) is 11.1. The molecule has 6 nitrogen and oxygen atoms in total. The molecule has 0 aromatic carbocycles. The van der Waals surface area contributed by atoms with Gasteiger partial charge in [-0.1, -0.05) is 13.8 Å². The minimum Gasteiger partial charge on any atom is -0.464 e. The number of hydrogen-bond donors (Lipinski definition) is 2. The van der Waals surface area contributed by atoms with E-state index in [2.05, 4.69) is 20.0 Å². The summed E-state index contributed by atoms with van der Waals surface area (Å²) < 4.78 is 4.53. The second kappa shape index (κ2) is 6.30. The maximum Gasteiger partial charge on any atom is 0.358 e. The highest BCUT2D eigenvalue weighted by Gasteiger charge is 2.17. The first-order valence-corrected chi connectivity index (χ1v) is 5.73. The molecule has 0 spiro atoms. The first kappa shape index (κ1) is 14.4. The number of nitrogens with zero attached hydrogens (tertiary/aromatic N) is 2. The SMILES string of the molecule is COC(=O)c1cnc(NCC(C)(C)CCO)cn1. The average Bonchev–Trinajstić information content (AvgIpc) is 2.36. The van der Waals surface area contributed by atoms with Crippen molar-refractivity contribution in [3.63, 3.8) is 0 Å². The number of aromatic nitrogens is 2. The molecule has 0 atom stereocenters. The predicted molar refractivity (Wildman–Crippen MR) is 67.3 cm³/mol. The standard InChI is InChI=1S/C12H19N3O3/c1-12(2,4-5-16)8-15-10-7-13-9(6-14-10)11(17)18-3/h6-7,16H,4-5,8H2,1-3H3,(H,14,15). The Kier molecular flexibility index (Phi) is 5.03. The van der Waals surface area contributed by atoms with Crippen LogP contribution in [0.15, 0.2) is 12.4 Å². The molecule has 0 amide bonds. The maximum absolute atomic E-state index is 11.2. The molecule has 100 valence electrons. The van der Waals surface area contributed by atoms with Gasteiger partial charge in [-0.15, -0.1) is 0 Å². The Hall–Kier alpha value is -1.69. The van der Waals surface area contributed by atoms with Gasteiger partial charge in [0.25, 0.3) is 0 Å². The molecule has 0 saturated carbocycles. The first-order valence-electron chi connectivity index (χ1n) is 5.73. The molecule has 0 saturated heterocycles. The van der Waals surface area contributed by atoms with Gasteiger partial charge >= 0.3 is 5.97 Å². The van der Waals surface area contributed by atoms with Crippen LogP contribution in [0.25, 0.3) is 0 Å². The van der Waals surface area contributed by atoms with Crippen LogP contribution >= 0.6 is 0 Å². The van der Waals surface area contributed by atoms with E-state index in [1.807, 2.05) is 13.8 Å². The van der Waals surface area contributed by atoms with E-state index in [9.17, 15) is 4.79 Å². The number of carbonyl (C=O) groups excluding carboxylic acids is 1. The van der Waals surface area contributed by atoms with Crippen LogP contribution in [0.2, 0.25) is 0 Å². The summed E-state index contributed by atoms with van der Waals surface area (Å²) in [6.45, 7) is 4.92. The molecular formula is C12H19N3O3. The van der Waals surface area contributed by atoms with Crippen molar-refractivity contribution >= 4 is 11.8 Å². The zero-order valence-electron chi connectivity index (χ0n) is 10.9. The lowest BCUT2D eigenvalue weighted by Gasteiger charge is -2.23. The lowest BCUT2D eigenvalue weighted by Crippen LogP contribution is -2.24. The molecule has 1 aromatic rings. The summed E-state index contributed by atoms with van der Waals surface area (Å²) in [7, 11) is 1.30. The Balaban J connectivity index is 2.56. The van der Waals surface area contributed by atoms with Gasteiger partial charge < -0.3 is 15.2 Å². The van der Waals surface area contributed by atoms with Crippen molar-refractivity contribution in [2.75, 3.05) is 25.6 Å². The fourth-order valence-corrected chi connectivity index (χ4v) is 1.35. The van der Waals surface area contributed by atoms with Crippen molar-refractivity contribution in [3.8, 4) is 0 Å². The summed E-state index contributed by atoms with van der Waals surface area (Å²) in [6.07, 6.45) is 3.56. The molecule has 0 unspecified atom stereocenters. The lowest BCUT2D eigenvalue weighted by atomic mass is 9.90. The van der Waals surface area contributed by atoms with Gasteiger partial charge in [0, 0.05) is 13.2 Å². The summed E-state index contributed by atoms with van der Waals surface area (Å²) in [5, 5.41) is 12.0. The summed E-state index contributed by atoms with van der Waals surface area (Å²) in [5.41, 5.74) is 0.148. The number of nitrogens with one attached hydrogen (secondary N) is 1. The Morgan fingerprint density at radius 2 is 2.17 bits per heavy atom. The van der Waals surface area contributed by atoms with E-state index in [0.717, 1.165) is 0 Å². The number of carbonyl (C=O) groups is 1. The Bertz CT molecular complexity index is 390. The van der Waals surface area contributed by atoms with Crippen molar-refractivity contribution in [3.05, 3.63) is 18.1 Å². The van der Waals surface area contributed by atoms with Crippen molar-refractivity contribution in [1.82, 2.24) is 9.97 Å². The zero-order valence-corrected chi connectivity index (χ0v) is 10.9. The van der Waals surface area contributed by atoms with Crippen LogP contribution in [0, 0.1) is 5.41 Å². The van der Waals surface area contributed by atoms with Crippen LogP contribution in [-0.2, 0) is 4.74 Å². The smallest absolute Gasteiger partial charge is 0.358 e. The van der Waals surface area contributed by atoms with Gasteiger partial charge in [0.1, 0.15) is 5.82 Å². The van der Waals surface area contributed by atoms with E-state index in [1.54, 1.807) is 0 Å². The topological polar surface area (TPSA) is 84.3 Å². The van der Waals surface area contributed by atoms with Gasteiger partial charge in [-0.2, -0.15) is 0 Å². The number of esters is 1. The molecule has 1 aromatic heterocycles. The fourth-order valence-electron chi connectivity index (χ4n) is 1.35. The number of rotatable bonds is 6. The Morgan fingerprint density at radius 3 is 2.67 bits per heavy atom. The third kappa shape index (κ3) is 4.29. The van der Waals surface area contributed by atoms with E-state index in [1.165, 1.54) is 19.5 Å². The van der Waals surface area contributed by atoms with Crippen molar-refractivity contribution in [2.45, 2.75) is 20.3 Å². The van der Waals surface area contributed by atoms with E-state index in [-0.39, 0.29) is 17.7 Å². The van der Waals surface area contributed by atoms with Gasteiger partial charge in [-0.3, -0.25) is 0 Å². The summed E-state index contributed by atoms with van der Waals surface area (Å²) >= 11 is 0. The Labute approximate surface area is 106 Å². The number of aliphatic hydroxyl groups excluding tert-OH is 1. The van der Waals surface area contributed by atoms with Crippen molar-refractivity contribution in [1.29, 1.82) is 0 Å². The van der Waals surface area contributed by atoms with Crippen LogP contribution in [0.4, 0.5) is 5.82 Å². The largest absolute Gasteiger partial charge is 0.464 e. The van der Waals surface area contributed by atoms with Crippen LogP contribution in [0.5, 0.6) is 0 Å². The summed E-state index contributed by atoms with van der Waals surface area (Å²) in [4.78, 5) is 19.2. The van der Waals surface area contributed by atoms with Crippen molar-refractivity contribution < 1.29 is 14.6 Å². The number of anilines is 1. The molecule has 0 bridgehead atoms. The predicted octanol–water partition coefficient (Wildman–Crippen LogP) is 1.08. The van der Waals surface area contributed by atoms with Crippen LogP contribution < -0.4 is 5.32 Å². The Morgan fingerprint density at radius 1 is 1.44 bits per heavy atom. The molecule has 0 radical (unpaired) electrons. The number of aliphatic hydroxyl groups is 1. The molecule has 1 heterocycles. The number of ether oxygens (including phenoxy) is 1. The highest BCUT2D eigenvalue weighted by Crippen LogP contribution is 2.19. The minimum absolute atomic E-state index is 0.0303. The molecule has 1 rings (SSSR count). The van der Waals surface area contributed by atoms with Gasteiger partial charge in [-0.05, 0) is 11.8 Å². The van der Waals surface area contributed by atoms with E-state index in [0.29, 0.717) is 18.8 Å². The highest BCUT2D eigenvalue weighted by molar-refractivity contribution is 5.86. The number of hydrogen-bond acceptors (Lipinski definition) is 6. The van der Waals surface area contributed by atoms with Crippen LogP contribution in [0.3, 0.4) is 0 Å².